The van der Waals surface area contributed by atoms with Crippen molar-refractivity contribution in [2.45, 2.75) is 46.0 Å². The van der Waals surface area contributed by atoms with Crippen LogP contribution in [0.1, 0.15) is 45.1 Å². The van der Waals surface area contributed by atoms with Crippen molar-refractivity contribution in [2.75, 3.05) is 11.4 Å². The fourth-order valence-corrected chi connectivity index (χ4v) is 3.17. The standard InChI is InChI=1S/C17H21FN2O/c1-3-8-17(12-19,9-4-2)16(21)20-10-7-13-5-6-14(18)11-15(13)20/h5-6,11H,3-4,7-10H2,1-2H3. The Hall–Kier alpha value is -1.89. The summed E-state index contributed by atoms with van der Waals surface area (Å²) in [5.74, 6) is -0.514. The molecule has 1 aliphatic heterocycles. The number of amides is 1. The van der Waals surface area contributed by atoms with Gasteiger partial charge in [-0.05, 0) is 37.0 Å². The minimum Gasteiger partial charge on any atom is -0.310 e. The van der Waals surface area contributed by atoms with E-state index in [1.54, 1.807) is 11.0 Å². The van der Waals surface area contributed by atoms with Gasteiger partial charge in [-0.25, -0.2) is 4.39 Å². The summed E-state index contributed by atoms with van der Waals surface area (Å²) in [7, 11) is 0. The highest BCUT2D eigenvalue weighted by molar-refractivity contribution is 6.01. The van der Waals surface area contributed by atoms with E-state index in [9.17, 15) is 14.4 Å². The van der Waals surface area contributed by atoms with Gasteiger partial charge in [0.15, 0.2) is 0 Å². The molecule has 0 radical (unpaired) electrons. The maximum absolute atomic E-state index is 13.5. The summed E-state index contributed by atoms with van der Waals surface area (Å²) in [4.78, 5) is 14.5. The van der Waals surface area contributed by atoms with Crippen LogP contribution in [-0.2, 0) is 11.2 Å². The van der Waals surface area contributed by atoms with Gasteiger partial charge in [0.1, 0.15) is 11.2 Å². The molecule has 21 heavy (non-hydrogen) atoms. The number of rotatable bonds is 5. The molecule has 2 rings (SSSR count). The molecule has 1 aromatic carbocycles. The maximum atomic E-state index is 13.5. The molecule has 0 spiro atoms. The predicted octanol–water partition coefficient (Wildman–Crippen LogP) is 3.82. The van der Waals surface area contributed by atoms with Gasteiger partial charge in [-0.2, -0.15) is 5.26 Å². The van der Waals surface area contributed by atoms with E-state index in [0.717, 1.165) is 24.8 Å². The molecule has 1 heterocycles. The Balaban J connectivity index is 2.36. The Bertz CT molecular complexity index is 571. The average Bonchev–Trinajstić information content (AvgIpc) is 2.89. The molecule has 0 atom stereocenters. The second-order valence-corrected chi connectivity index (χ2v) is 5.67. The first-order chi connectivity index (χ1) is 10.1. The number of hydrogen-bond donors (Lipinski definition) is 0. The van der Waals surface area contributed by atoms with Crippen molar-refractivity contribution < 1.29 is 9.18 Å². The summed E-state index contributed by atoms with van der Waals surface area (Å²) < 4.78 is 13.5. The molecular formula is C17H21FN2O. The fraction of sp³-hybridized carbons (Fsp3) is 0.529. The van der Waals surface area contributed by atoms with Crippen LogP contribution in [0.5, 0.6) is 0 Å². The lowest BCUT2D eigenvalue weighted by Crippen LogP contribution is -2.42. The van der Waals surface area contributed by atoms with E-state index in [0.29, 0.717) is 25.1 Å². The third kappa shape index (κ3) is 2.78. The van der Waals surface area contributed by atoms with Crippen molar-refractivity contribution in [3.8, 4) is 6.07 Å². The van der Waals surface area contributed by atoms with Gasteiger partial charge in [0.05, 0.1) is 6.07 Å². The number of fused-ring (bicyclic) bond motifs is 1. The molecule has 0 bridgehead atoms. The Morgan fingerprint density at radius 2 is 2.05 bits per heavy atom. The largest absolute Gasteiger partial charge is 0.310 e. The van der Waals surface area contributed by atoms with Crippen LogP contribution in [0, 0.1) is 22.6 Å². The third-order valence-corrected chi connectivity index (χ3v) is 4.16. The summed E-state index contributed by atoms with van der Waals surface area (Å²) >= 11 is 0. The van der Waals surface area contributed by atoms with Crippen molar-refractivity contribution in [1.29, 1.82) is 5.26 Å². The van der Waals surface area contributed by atoms with Crippen LogP contribution in [0.4, 0.5) is 10.1 Å². The van der Waals surface area contributed by atoms with Crippen LogP contribution in [0.25, 0.3) is 0 Å². The molecule has 0 aromatic heterocycles. The lowest BCUT2D eigenvalue weighted by molar-refractivity contribution is -0.126. The topological polar surface area (TPSA) is 44.1 Å². The molecule has 0 N–H and O–H groups in total. The smallest absolute Gasteiger partial charge is 0.247 e. The first-order valence-corrected chi connectivity index (χ1v) is 7.59. The SMILES string of the molecule is CCCC(C#N)(CCC)C(=O)N1CCc2ccc(F)cc21. The van der Waals surface area contributed by atoms with Gasteiger partial charge in [-0.1, -0.05) is 32.8 Å². The van der Waals surface area contributed by atoms with Crippen LogP contribution < -0.4 is 4.90 Å². The van der Waals surface area contributed by atoms with Crippen LogP contribution >= 0.6 is 0 Å². The Morgan fingerprint density at radius 3 is 2.62 bits per heavy atom. The normalized spacial score (nSPS) is 13.9. The molecule has 0 aliphatic carbocycles. The Kier molecular flexibility index (Phi) is 4.62. The summed E-state index contributed by atoms with van der Waals surface area (Å²) in [5.41, 5.74) is 0.633. The number of benzene rings is 1. The number of nitriles is 1. The lowest BCUT2D eigenvalue weighted by Gasteiger charge is -2.30. The third-order valence-electron chi connectivity index (χ3n) is 4.16. The van der Waals surface area contributed by atoms with E-state index in [4.69, 9.17) is 0 Å². The van der Waals surface area contributed by atoms with Gasteiger partial charge in [-0.3, -0.25) is 4.79 Å². The molecule has 0 saturated carbocycles. The predicted molar refractivity (Wildman–Crippen MR) is 80.3 cm³/mol. The second-order valence-electron chi connectivity index (χ2n) is 5.67. The van der Waals surface area contributed by atoms with Crippen molar-refractivity contribution >= 4 is 11.6 Å². The number of carbonyl (C=O) groups excluding carboxylic acids is 1. The minimum atomic E-state index is -0.975. The van der Waals surface area contributed by atoms with Gasteiger partial charge in [0, 0.05) is 12.2 Å². The first-order valence-electron chi connectivity index (χ1n) is 7.59. The van der Waals surface area contributed by atoms with E-state index in [1.165, 1.54) is 12.1 Å². The highest BCUT2D eigenvalue weighted by Gasteiger charge is 2.42. The van der Waals surface area contributed by atoms with Gasteiger partial charge < -0.3 is 4.90 Å². The monoisotopic (exact) mass is 288 g/mol. The van der Waals surface area contributed by atoms with Crippen LogP contribution in [0.15, 0.2) is 18.2 Å². The van der Waals surface area contributed by atoms with Gasteiger partial charge in [0.2, 0.25) is 5.91 Å². The second kappa shape index (κ2) is 6.26. The summed E-state index contributed by atoms with van der Waals surface area (Å²) in [5, 5.41) is 9.60. The van der Waals surface area contributed by atoms with Crippen LogP contribution in [0.2, 0.25) is 0 Å². The first kappa shape index (κ1) is 15.5. The Morgan fingerprint density at radius 1 is 1.38 bits per heavy atom. The van der Waals surface area contributed by atoms with E-state index < -0.39 is 5.41 Å². The number of halogens is 1. The zero-order valence-electron chi connectivity index (χ0n) is 12.7. The van der Waals surface area contributed by atoms with E-state index in [1.807, 2.05) is 13.8 Å². The minimum absolute atomic E-state index is 0.168. The number of anilines is 1. The number of nitrogens with zero attached hydrogens (tertiary/aromatic N) is 2. The molecule has 0 fully saturated rings. The van der Waals surface area contributed by atoms with E-state index >= 15 is 0 Å². The average molecular weight is 288 g/mol. The molecule has 3 nitrogen and oxygen atoms in total. The highest BCUT2D eigenvalue weighted by atomic mass is 19.1. The molecule has 1 amide bonds. The Labute approximate surface area is 125 Å². The van der Waals surface area contributed by atoms with Crippen molar-refractivity contribution in [3.05, 3.63) is 29.6 Å². The zero-order chi connectivity index (χ0) is 15.5. The molecule has 4 heteroatoms. The van der Waals surface area contributed by atoms with Crippen molar-refractivity contribution in [3.63, 3.8) is 0 Å². The van der Waals surface area contributed by atoms with Gasteiger partial charge >= 0.3 is 0 Å². The van der Waals surface area contributed by atoms with Crippen LogP contribution in [-0.4, -0.2) is 12.5 Å². The summed E-state index contributed by atoms with van der Waals surface area (Å²) in [6.45, 7) is 4.49. The zero-order valence-corrected chi connectivity index (χ0v) is 12.7. The van der Waals surface area contributed by atoms with Crippen LogP contribution in [0.3, 0.4) is 0 Å². The fourth-order valence-electron chi connectivity index (χ4n) is 3.17. The van der Waals surface area contributed by atoms with Gasteiger partial charge in [0.25, 0.3) is 0 Å². The van der Waals surface area contributed by atoms with Gasteiger partial charge in [-0.15, -0.1) is 0 Å². The summed E-state index contributed by atoms with van der Waals surface area (Å²) in [6, 6.07) is 6.80. The molecule has 0 unspecified atom stereocenters. The van der Waals surface area contributed by atoms with E-state index in [2.05, 4.69) is 6.07 Å². The molecular weight excluding hydrogens is 267 g/mol. The van der Waals surface area contributed by atoms with Crippen molar-refractivity contribution in [1.82, 2.24) is 0 Å². The highest BCUT2D eigenvalue weighted by Crippen LogP contribution is 2.37. The maximum Gasteiger partial charge on any atom is 0.247 e. The quantitative estimate of drug-likeness (QED) is 0.826. The number of hydrogen-bond acceptors (Lipinski definition) is 2. The molecule has 0 saturated heterocycles. The molecule has 1 aromatic rings. The molecule has 1 aliphatic rings. The van der Waals surface area contributed by atoms with E-state index in [-0.39, 0.29) is 11.7 Å². The lowest BCUT2D eigenvalue weighted by atomic mass is 9.79. The van der Waals surface area contributed by atoms with Crippen molar-refractivity contribution in [2.24, 2.45) is 5.41 Å². The number of carbonyl (C=O) groups is 1. The molecule has 112 valence electrons. The summed E-state index contributed by atoms with van der Waals surface area (Å²) in [6.07, 6.45) is 3.39.